The van der Waals surface area contributed by atoms with E-state index in [9.17, 15) is 29.1 Å². The van der Waals surface area contributed by atoms with Crippen LogP contribution < -0.4 is 11.1 Å². The standard InChI is InChI=1S/C16H21N3O8S/c1-7(20)27-5-8-6-28-14-11(13(22)19(14)12(8)16(25)26)18-10(21)4-2-3-9(17)15(23)24/h9,11,14H,2-6,17H2,1H3,(H,18,21)(H,23,24)(H,25,26)/t9-,11?,14-/m1/s1. The molecule has 2 aliphatic rings. The van der Waals surface area contributed by atoms with Crippen molar-refractivity contribution < 1.29 is 38.9 Å². The molecule has 2 heterocycles. The number of carboxylic acids is 2. The number of nitrogens with two attached hydrogens (primary N) is 1. The summed E-state index contributed by atoms with van der Waals surface area (Å²) in [4.78, 5) is 58.7. The first-order chi connectivity index (χ1) is 13.1. The number of rotatable bonds is 9. The van der Waals surface area contributed by atoms with Crippen LogP contribution >= 0.6 is 11.8 Å². The van der Waals surface area contributed by atoms with Crippen LogP contribution in [0, 0.1) is 0 Å². The zero-order chi connectivity index (χ0) is 21.0. The van der Waals surface area contributed by atoms with Gasteiger partial charge in [0, 0.05) is 24.7 Å². The van der Waals surface area contributed by atoms with Gasteiger partial charge >= 0.3 is 17.9 Å². The number of nitrogens with zero attached hydrogens (tertiary/aromatic N) is 1. The van der Waals surface area contributed by atoms with E-state index < -0.39 is 47.2 Å². The highest BCUT2D eigenvalue weighted by molar-refractivity contribution is 8.00. The van der Waals surface area contributed by atoms with E-state index in [2.05, 4.69) is 5.32 Å². The van der Waals surface area contributed by atoms with Crippen LogP contribution in [0.3, 0.4) is 0 Å². The van der Waals surface area contributed by atoms with Crippen molar-refractivity contribution >= 4 is 41.5 Å². The molecule has 2 rings (SSSR count). The fourth-order valence-corrected chi connectivity index (χ4v) is 4.16. The van der Waals surface area contributed by atoms with Crippen LogP contribution in [-0.2, 0) is 28.7 Å². The number of fused-ring (bicyclic) bond motifs is 1. The van der Waals surface area contributed by atoms with Gasteiger partial charge in [0.2, 0.25) is 5.91 Å². The molecule has 0 aromatic heterocycles. The molecular formula is C16H21N3O8S. The topological polar surface area (TPSA) is 176 Å². The van der Waals surface area contributed by atoms with Crippen LogP contribution in [-0.4, -0.2) is 74.7 Å². The van der Waals surface area contributed by atoms with Crippen molar-refractivity contribution in [2.24, 2.45) is 5.73 Å². The smallest absolute Gasteiger partial charge is 0.352 e. The Morgan fingerprint density at radius 2 is 2.04 bits per heavy atom. The highest BCUT2D eigenvalue weighted by Gasteiger charge is 2.54. The van der Waals surface area contributed by atoms with E-state index in [1.165, 1.54) is 18.7 Å². The summed E-state index contributed by atoms with van der Waals surface area (Å²) in [6.45, 7) is 0.977. The molecule has 28 heavy (non-hydrogen) atoms. The van der Waals surface area contributed by atoms with Crippen molar-refractivity contribution in [3.63, 3.8) is 0 Å². The summed E-state index contributed by atoms with van der Waals surface area (Å²) in [5, 5.41) is 20.1. The highest BCUT2D eigenvalue weighted by Crippen LogP contribution is 2.40. The molecule has 0 bridgehead atoms. The second kappa shape index (κ2) is 9.06. The van der Waals surface area contributed by atoms with Crippen molar-refractivity contribution in [3.05, 3.63) is 11.3 Å². The third-order valence-corrected chi connectivity index (χ3v) is 5.59. The number of carbonyl (C=O) groups excluding carboxylic acids is 3. The summed E-state index contributed by atoms with van der Waals surface area (Å²) in [6.07, 6.45) is 0.368. The lowest BCUT2D eigenvalue weighted by Crippen LogP contribution is -2.70. The van der Waals surface area contributed by atoms with E-state index in [0.717, 1.165) is 4.90 Å². The van der Waals surface area contributed by atoms with Crippen LogP contribution in [0.25, 0.3) is 0 Å². The lowest BCUT2D eigenvalue weighted by Gasteiger charge is -2.49. The average Bonchev–Trinajstić information content (AvgIpc) is 2.62. The second-order valence-corrected chi connectivity index (χ2v) is 7.43. The molecular weight excluding hydrogens is 394 g/mol. The Hall–Kier alpha value is -2.60. The number of aliphatic carboxylic acids is 2. The predicted molar refractivity (Wildman–Crippen MR) is 95.8 cm³/mol. The van der Waals surface area contributed by atoms with E-state index in [0.29, 0.717) is 5.57 Å². The summed E-state index contributed by atoms with van der Waals surface area (Å²) in [6, 6.07) is -1.92. The normalized spacial score (nSPS) is 22.1. The minimum absolute atomic E-state index is 0.00146. The third-order valence-electron chi connectivity index (χ3n) is 4.25. The number of esters is 1. The second-order valence-electron chi connectivity index (χ2n) is 6.33. The first kappa shape index (κ1) is 21.7. The molecule has 1 fully saturated rings. The maximum atomic E-state index is 12.4. The van der Waals surface area contributed by atoms with Gasteiger partial charge in [0.05, 0.1) is 0 Å². The molecule has 0 spiro atoms. The SMILES string of the molecule is CC(=O)OCC1=C(C(=O)O)N2C(=O)C(NC(=O)CCC[C@@H](N)C(=O)O)[C@H]2SC1. The summed E-state index contributed by atoms with van der Waals surface area (Å²) in [5.74, 6) is -3.79. The molecule has 0 aromatic carbocycles. The minimum Gasteiger partial charge on any atom is -0.480 e. The largest absolute Gasteiger partial charge is 0.480 e. The number of amides is 2. The molecule has 12 heteroatoms. The number of ether oxygens (including phenoxy) is 1. The zero-order valence-corrected chi connectivity index (χ0v) is 15.9. The number of nitrogens with one attached hydrogen (secondary N) is 1. The number of β-lactam (4-membered cyclic amide) rings is 1. The molecule has 1 saturated heterocycles. The lowest BCUT2D eigenvalue weighted by molar-refractivity contribution is -0.151. The third kappa shape index (κ3) is 4.81. The molecule has 0 aliphatic carbocycles. The Morgan fingerprint density at radius 3 is 2.61 bits per heavy atom. The first-order valence-corrected chi connectivity index (χ1v) is 9.49. The van der Waals surface area contributed by atoms with Crippen molar-refractivity contribution in [2.75, 3.05) is 12.4 Å². The molecule has 154 valence electrons. The maximum Gasteiger partial charge on any atom is 0.352 e. The van der Waals surface area contributed by atoms with Gasteiger partial charge in [-0.2, -0.15) is 0 Å². The Balaban J connectivity index is 1.96. The number of carbonyl (C=O) groups is 5. The quantitative estimate of drug-likeness (QED) is 0.266. The lowest BCUT2D eigenvalue weighted by atomic mass is 10.0. The monoisotopic (exact) mass is 415 g/mol. The van der Waals surface area contributed by atoms with Crippen LogP contribution in [0.1, 0.15) is 26.2 Å². The van der Waals surface area contributed by atoms with Crippen LogP contribution in [0.2, 0.25) is 0 Å². The summed E-state index contributed by atoms with van der Waals surface area (Å²) < 4.78 is 4.84. The summed E-state index contributed by atoms with van der Waals surface area (Å²) >= 11 is 1.26. The van der Waals surface area contributed by atoms with Gasteiger partial charge in [-0.05, 0) is 12.8 Å². The fraction of sp³-hybridized carbons (Fsp3) is 0.562. The average molecular weight is 415 g/mol. The maximum absolute atomic E-state index is 12.4. The number of carboxylic acid groups (broad SMARTS) is 2. The Labute approximate surface area is 164 Å². The van der Waals surface area contributed by atoms with Gasteiger partial charge in [-0.15, -0.1) is 11.8 Å². The predicted octanol–water partition coefficient (Wildman–Crippen LogP) is -1.13. The van der Waals surface area contributed by atoms with Crippen molar-refractivity contribution in [2.45, 2.75) is 43.6 Å². The van der Waals surface area contributed by atoms with Gasteiger partial charge in [0.1, 0.15) is 29.8 Å². The van der Waals surface area contributed by atoms with E-state index in [4.69, 9.17) is 15.6 Å². The summed E-state index contributed by atoms with van der Waals surface area (Å²) in [7, 11) is 0. The molecule has 3 atom stereocenters. The fourth-order valence-electron chi connectivity index (χ4n) is 2.83. The van der Waals surface area contributed by atoms with Crippen LogP contribution in [0.4, 0.5) is 0 Å². The minimum atomic E-state index is -1.31. The van der Waals surface area contributed by atoms with Gasteiger partial charge < -0.3 is 26.0 Å². The van der Waals surface area contributed by atoms with E-state index in [1.54, 1.807) is 0 Å². The van der Waals surface area contributed by atoms with Gasteiger partial charge in [0.15, 0.2) is 0 Å². The molecule has 5 N–H and O–H groups in total. The van der Waals surface area contributed by atoms with Crippen LogP contribution in [0.15, 0.2) is 11.3 Å². The molecule has 0 radical (unpaired) electrons. The van der Waals surface area contributed by atoms with E-state index >= 15 is 0 Å². The Morgan fingerprint density at radius 1 is 1.36 bits per heavy atom. The number of thioether (sulfide) groups is 1. The van der Waals surface area contributed by atoms with Crippen molar-refractivity contribution in [1.82, 2.24) is 10.2 Å². The highest BCUT2D eigenvalue weighted by atomic mass is 32.2. The summed E-state index contributed by atoms with van der Waals surface area (Å²) in [5.41, 5.74) is 5.44. The van der Waals surface area contributed by atoms with Crippen molar-refractivity contribution in [3.8, 4) is 0 Å². The van der Waals surface area contributed by atoms with Gasteiger partial charge in [-0.25, -0.2) is 4.79 Å². The number of hydrogen-bond acceptors (Lipinski definition) is 8. The molecule has 1 unspecified atom stereocenters. The number of hydrogen-bond donors (Lipinski definition) is 4. The van der Waals surface area contributed by atoms with Gasteiger partial charge in [-0.1, -0.05) is 0 Å². The molecule has 11 nitrogen and oxygen atoms in total. The first-order valence-electron chi connectivity index (χ1n) is 8.44. The van der Waals surface area contributed by atoms with Crippen molar-refractivity contribution in [1.29, 1.82) is 0 Å². The molecule has 2 aliphatic heterocycles. The van der Waals surface area contributed by atoms with Crippen LogP contribution in [0.5, 0.6) is 0 Å². The van der Waals surface area contributed by atoms with E-state index in [1.807, 2.05) is 0 Å². The molecule has 0 aromatic rings. The zero-order valence-electron chi connectivity index (χ0n) is 15.0. The molecule has 2 amide bonds. The van der Waals surface area contributed by atoms with E-state index in [-0.39, 0.29) is 37.3 Å². The Kier molecular flexibility index (Phi) is 7.02. The molecule has 0 saturated carbocycles. The van der Waals surface area contributed by atoms with Gasteiger partial charge in [-0.3, -0.25) is 24.1 Å². The Bertz CT molecular complexity index is 737. The van der Waals surface area contributed by atoms with Gasteiger partial charge in [0.25, 0.3) is 5.91 Å².